The molecule has 1 atom stereocenters. The minimum Gasteiger partial charge on any atom is -0.490 e. The van der Waals surface area contributed by atoms with Crippen LogP contribution in [0, 0.1) is 11.6 Å². The van der Waals surface area contributed by atoms with E-state index < -0.39 is 11.6 Å². The molecule has 1 unspecified atom stereocenters. The quantitative estimate of drug-likeness (QED) is 0.353. The Morgan fingerprint density at radius 1 is 1.14 bits per heavy atom. The number of aliphatic imine (C=N–C) groups is 1. The second kappa shape index (κ2) is 11.3. The summed E-state index contributed by atoms with van der Waals surface area (Å²) in [4.78, 5) is 6.59. The Morgan fingerprint density at radius 3 is 2.45 bits per heavy atom. The lowest BCUT2D eigenvalue weighted by Crippen LogP contribution is -2.48. The lowest BCUT2D eigenvalue weighted by molar-refractivity contribution is 0.129. The standard InChI is InChI=1S/C22H27F2N3O.HI/c1-16(17-8-9-20(23)21(24)14-17)15-26-22(25-2)27-12-10-19(11-13-27)28-18-6-4-3-5-7-18;/h3-9,14,16,19H,10-13,15H2,1-2H3,(H,25,26);1H. The molecule has 0 bridgehead atoms. The van der Waals surface area contributed by atoms with Crippen molar-refractivity contribution >= 4 is 29.9 Å². The first-order chi connectivity index (χ1) is 13.6. The fourth-order valence-electron chi connectivity index (χ4n) is 3.39. The highest BCUT2D eigenvalue weighted by Gasteiger charge is 2.23. The summed E-state index contributed by atoms with van der Waals surface area (Å²) in [7, 11) is 1.76. The first-order valence-corrected chi connectivity index (χ1v) is 9.69. The van der Waals surface area contributed by atoms with Crippen molar-refractivity contribution in [3.63, 3.8) is 0 Å². The number of para-hydroxylation sites is 1. The fraction of sp³-hybridized carbons (Fsp3) is 0.409. The predicted molar refractivity (Wildman–Crippen MR) is 123 cm³/mol. The van der Waals surface area contributed by atoms with Crippen LogP contribution in [0.3, 0.4) is 0 Å². The van der Waals surface area contributed by atoms with Crippen LogP contribution in [0.4, 0.5) is 8.78 Å². The summed E-state index contributed by atoms with van der Waals surface area (Å²) in [5, 5.41) is 3.35. The third-order valence-electron chi connectivity index (χ3n) is 5.08. The summed E-state index contributed by atoms with van der Waals surface area (Å²) >= 11 is 0. The van der Waals surface area contributed by atoms with Gasteiger partial charge in [0.1, 0.15) is 11.9 Å². The van der Waals surface area contributed by atoms with Crippen molar-refractivity contribution in [3.8, 4) is 5.75 Å². The minimum absolute atomic E-state index is 0. The van der Waals surface area contributed by atoms with Gasteiger partial charge in [-0.25, -0.2) is 8.78 Å². The SMILES string of the molecule is CN=C(NCC(C)c1ccc(F)c(F)c1)N1CCC(Oc2ccccc2)CC1.I. The van der Waals surface area contributed by atoms with Gasteiger partial charge in [-0.05, 0) is 35.7 Å². The molecule has 1 heterocycles. The molecule has 0 radical (unpaired) electrons. The molecule has 1 aliphatic heterocycles. The van der Waals surface area contributed by atoms with E-state index in [0.29, 0.717) is 6.54 Å². The zero-order valence-electron chi connectivity index (χ0n) is 16.8. The van der Waals surface area contributed by atoms with Gasteiger partial charge in [-0.2, -0.15) is 0 Å². The summed E-state index contributed by atoms with van der Waals surface area (Å²) in [6.07, 6.45) is 2.06. The van der Waals surface area contributed by atoms with Gasteiger partial charge in [0.25, 0.3) is 0 Å². The molecule has 2 aromatic rings. The van der Waals surface area contributed by atoms with Gasteiger partial charge in [-0.1, -0.05) is 31.2 Å². The van der Waals surface area contributed by atoms with Crippen LogP contribution in [0.2, 0.25) is 0 Å². The summed E-state index contributed by atoms with van der Waals surface area (Å²) in [6, 6.07) is 13.9. The van der Waals surface area contributed by atoms with Crippen LogP contribution in [0.25, 0.3) is 0 Å². The topological polar surface area (TPSA) is 36.9 Å². The molecule has 1 fully saturated rings. The first kappa shape index (κ1) is 23.4. The van der Waals surface area contributed by atoms with Gasteiger partial charge in [0.05, 0.1) is 0 Å². The van der Waals surface area contributed by atoms with Crippen molar-refractivity contribution in [2.75, 3.05) is 26.7 Å². The van der Waals surface area contributed by atoms with Gasteiger partial charge < -0.3 is 15.0 Å². The number of piperidine rings is 1. The third-order valence-corrected chi connectivity index (χ3v) is 5.08. The van der Waals surface area contributed by atoms with Gasteiger partial charge in [0.15, 0.2) is 17.6 Å². The number of guanidine groups is 1. The molecule has 0 amide bonds. The minimum atomic E-state index is -0.819. The molecule has 1 saturated heterocycles. The van der Waals surface area contributed by atoms with E-state index >= 15 is 0 Å². The molecule has 158 valence electrons. The molecule has 7 heteroatoms. The maximum atomic E-state index is 13.4. The average Bonchev–Trinajstić information content (AvgIpc) is 2.72. The van der Waals surface area contributed by atoms with Gasteiger partial charge in [-0.15, -0.1) is 24.0 Å². The van der Waals surface area contributed by atoms with E-state index in [-0.39, 0.29) is 36.0 Å². The van der Waals surface area contributed by atoms with Crippen LogP contribution in [0.15, 0.2) is 53.5 Å². The molecule has 4 nitrogen and oxygen atoms in total. The summed E-state index contributed by atoms with van der Waals surface area (Å²) in [6.45, 7) is 4.29. The molecule has 0 saturated carbocycles. The average molecular weight is 515 g/mol. The van der Waals surface area contributed by atoms with E-state index in [1.165, 1.54) is 12.1 Å². The van der Waals surface area contributed by atoms with Crippen molar-refractivity contribution in [1.82, 2.24) is 10.2 Å². The lowest BCUT2D eigenvalue weighted by Gasteiger charge is -2.34. The number of benzene rings is 2. The van der Waals surface area contributed by atoms with Crippen LogP contribution in [-0.4, -0.2) is 43.6 Å². The van der Waals surface area contributed by atoms with Crippen LogP contribution in [0.5, 0.6) is 5.75 Å². The van der Waals surface area contributed by atoms with E-state index in [2.05, 4.69) is 15.2 Å². The maximum absolute atomic E-state index is 13.4. The van der Waals surface area contributed by atoms with Crippen LogP contribution in [-0.2, 0) is 0 Å². The Balaban J connectivity index is 0.00000300. The zero-order valence-corrected chi connectivity index (χ0v) is 19.1. The molecule has 3 rings (SSSR count). The molecule has 0 spiro atoms. The third kappa shape index (κ3) is 6.55. The molecule has 2 aromatic carbocycles. The largest absolute Gasteiger partial charge is 0.490 e. The smallest absolute Gasteiger partial charge is 0.193 e. The van der Waals surface area contributed by atoms with E-state index in [1.807, 2.05) is 37.3 Å². The number of nitrogens with one attached hydrogen (secondary N) is 1. The molecular weight excluding hydrogens is 487 g/mol. The Hall–Kier alpha value is -1.90. The molecular formula is C22H28F2IN3O. The van der Waals surface area contributed by atoms with Crippen LogP contribution >= 0.6 is 24.0 Å². The highest BCUT2D eigenvalue weighted by molar-refractivity contribution is 14.0. The number of rotatable bonds is 5. The monoisotopic (exact) mass is 515 g/mol. The van der Waals surface area contributed by atoms with Gasteiger partial charge in [0.2, 0.25) is 0 Å². The van der Waals surface area contributed by atoms with Gasteiger partial charge in [0, 0.05) is 39.5 Å². The second-order valence-electron chi connectivity index (χ2n) is 7.12. The van der Waals surface area contributed by atoms with E-state index in [1.54, 1.807) is 13.1 Å². The van der Waals surface area contributed by atoms with E-state index in [9.17, 15) is 8.78 Å². The first-order valence-electron chi connectivity index (χ1n) is 9.69. The number of nitrogens with zero attached hydrogens (tertiary/aromatic N) is 2. The molecule has 0 aromatic heterocycles. The van der Waals surface area contributed by atoms with Gasteiger partial charge in [-0.3, -0.25) is 4.99 Å². The highest BCUT2D eigenvalue weighted by Crippen LogP contribution is 2.20. The lowest BCUT2D eigenvalue weighted by atomic mass is 10.0. The van der Waals surface area contributed by atoms with Crippen molar-refractivity contribution in [1.29, 1.82) is 0 Å². The Kier molecular flexibility index (Phi) is 9.13. The number of hydrogen-bond acceptors (Lipinski definition) is 2. The molecule has 1 N–H and O–H groups in total. The van der Waals surface area contributed by atoms with Crippen molar-refractivity contribution in [3.05, 3.63) is 65.7 Å². The van der Waals surface area contributed by atoms with Crippen molar-refractivity contribution in [2.45, 2.75) is 31.8 Å². The number of likely N-dealkylation sites (tertiary alicyclic amines) is 1. The van der Waals surface area contributed by atoms with Gasteiger partial charge >= 0.3 is 0 Å². The van der Waals surface area contributed by atoms with E-state index in [4.69, 9.17) is 4.74 Å². The Morgan fingerprint density at radius 2 is 1.83 bits per heavy atom. The predicted octanol–water partition coefficient (Wildman–Crippen LogP) is 4.81. The zero-order chi connectivity index (χ0) is 19.9. The maximum Gasteiger partial charge on any atom is 0.193 e. The second-order valence-corrected chi connectivity index (χ2v) is 7.12. The van der Waals surface area contributed by atoms with Crippen LogP contribution < -0.4 is 10.1 Å². The molecule has 0 aliphatic carbocycles. The molecule has 1 aliphatic rings. The number of hydrogen-bond donors (Lipinski definition) is 1. The number of halogens is 3. The van der Waals surface area contributed by atoms with Crippen LogP contribution in [0.1, 0.15) is 31.2 Å². The number of ether oxygens (including phenoxy) is 1. The Bertz CT molecular complexity index is 796. The molecule has 29 heavy (non-hydrogen) atoms. The normalized spacial score (nSPS) is 16.1. The summed E-state index contributed by atoms with van der Waals surface area (Å²) in [5.41, 5.74) is 0.761. The summed E-state index contributed by atoms with van der Waals surface area (Å²) in [5.74, 6) is 0.136. The highest BCUT2D eigenvalue weighted by atomic mass is 127. The summed E-state index contributed by atoms with van der Waals surface area (Å²) < 4.78 is 32.6. The van der Waals surface area contributed by atoms with E-state index in [0.717, 1.165) is 43.2 Å². The van der Waals surface area contributed by atoms with Crippen molar-refractivity contribution in [2.24, 2.45) is 4.99 Å². The van der Waals surface area contributed by atoms with Crippen molar-refractivity contribution < 1.29 is 13.5 Å². The fourth-order valence-corrected chi connectivity index (χ4v) is 3.39. The Labute approximate surface area is 188 Å².